The molecule has 0 aromatic carbocycles. The number of aromatic nitrogens is 2. The maximum absolute atomic E-state index is 14.3. The number of thiol groups is 2. The molecule has 0 fully saturated rings. The second-order valence-corrected chi connectivity index (χ2v) is 9.23. The lowest BCUT2D eigenvalue weighted by Gasteiger charge is -2.43. The number of rotatable bonds is 10. The molecule has 0 N–H and O–H groups in total. The predicted octanol–water partition coefficient (Wildman–Crippen LogP) is 8.28. The standard InChI is InChI=1S/C16H14F16N2S3/c1-5(2)34-7(36)6(35)33(8(34)37)4-10(19,20)12(23,24)14(27,28)16(31,32)15(29,30)13(25,26)11(21,22)9(3,17)18/h5,35-36H,4H2,1-3H3. The average molecular weight is 634 g/mol. The van der Waals surface area contributed by atoms with Gasteiger partial charge in [0.25, 0.3) is 0 Å². The minimum atomic E-state index is -8.46. The largest absolute Gasteiger partial charge is 0.384 e. The fourth-order valence-corrected chi connectivity index (χ4v) is 4.05. The van der Waals surface area contributed by atoms with E-state index in [-0.39, 0.29) is 4.57 Å². The lowest BCUT2D eigenvalue weighted by Crippen LogP contribution is -2.74. The van der Waals surface area contributed by atoms with Crippen molar-refractivity contribution in [1.82, 2.24) is 9.13 Å². The zero-order chi connectivity index (χ0) is 30.2. The maximum Gasteiger partial charge on any atom is 0.384 e. The summed E-state index contributed by atoms with van der Waals surface area (Å²) in [6, 6.07) is -0.772. The Morgan fingerprint density at radius 1 is 0.622 bits per heavy atom. The van der Waals surface area contributed by atoms with Crippen LogP contribution >= 0.6 is 37.5 Å². The molecule has 0 amide bonds. The predicted molar refractivity (Wildman–Crippen MR) is 103 cm³/mol. The van der Waals surface area contributed by atoms with Gasteiger partial charge in [0, 0.05) is 13.0 Å². The number of imidazole rings is 1. The monoisotopic (exact) mass is 634 g/mol. The van der Waals surface area contributed by atoms with Crippen LogP contribution in [-0.4, -0.2) is 56.5 Å². The first kappa shape index (κ1) is 34.0. The van der Waals surface area contributed by atoms with Gasteiger partial charge in [-0.3, -0.25) is 0 Å². The van der Waals surface area contributed by atoms with Crippen LogP contribution in [0.4, 0.5) is 70.2 Å². The van der Waals surface area contributed by atoms with E-state index in [2.05, 4.69) is 37.5 Å². The van der Waals surface area contributed by atoms with E-state index in [4.69, 9.17) is 0 Å². The van der Waals surface area contributed by atoms with Crippen LogP contribution in [-0.2, 0) is 6.54 Å². The van der Waals surface area contributed by atoms with Crippen molar-refractivity contribution in [1.29, 1.82) is 0 Å². The Hall–Kier alpha value is -0.990. The van der Waals surface area contributed by atoms with Crippen molar-refractivity contribution in [3.8, 4) is 0 Å². The molecule has 1 rings (SSSR count). The minimum Gasteiger partial charge on any atom is -0.309 e. The Balaban J connectivity index is 3.72. The van der Waals surface area contributed by atoms with Crippen LogP contribution in [0.2, 0.25) is 0 Å². The molecule has 0 unspecified atom stereocenters. The van der Waals surface area contributed by atoms with Crippen LogP contribution < -0.4 is 0 Å². The minimum absolute atomic E-state index is 0.165. The van der Waals surface area contributed by atoms with Crippen molar-refractivity contribution in [2.75, 3.05) is 0 Å². The molecule has 0 saturated carbocycles. The van der Waals surface area contributed by atoms with Crippen LogP contribution in [0.1, 0.15) is 26.8 Å². The van der Waals surface area contributed by atoms with Gasteiger partial charge in [-0.05, 0) is 26.1 Å². The molecule has 21 heteroatoms. The van der Waals surface area contributed by atoms with E-state index in [1.54, 1.807) is 0 Å². The summed E-state index contributed by atoms with van der Waals surface area (Å²) in [5.74, 6) is -61.4. The van der Waals surface area contributed by atoms with Crippen molar-refractivity contribution in [3.05, 3.63) is 4.77 Å². The Morgan fingerprint density at radius 2 is 0.946 bits per heavy atom. The van der Waals surface area contributed by atoms with E-state index in [1.165, 1.54) is 13.8 Å². The summed E-state index contributed by atoms with van der Waals surface area (Å²) in [4.78, 5) is 0. The van der Waals surface area contributed by atoms with Crippen LogP contribution in [0.15, 0.2) is 10.1 Å². The van der Waals surface area contributed by atoms with Gasteiger partial charge in [0.1, 0.15) is 10.1 Å². The van der Waals surface area contributed by atoms with Crippen LogP contribution in [0.3, 0.4) is 0 Å². The highest BCUT2D eigenvalue weighted by Crippen LogP contribution is 2.63. The molecule has 0 aliphatic carbocycles. The number of halogens is 16. The topological polar surface area (TPSA) is 9.86 Å². The summed E-state index contributed by atoms with van der Waals surface area (Å²) in [5.41, 5.74) is 0. The molecular formula is C16H14F16N2S3. The zero-order valence-electron chi connectivity index (χ0n) is 18.0. The average Bonchev–Trinajstić information content (AvgIpc) is 2.89. The summed E-state index contributed by atoms with van der Waals surface area (Å²) in [5, 5.41) is -1.28. The molecule has 0 saturated heterocycles. The normalized spacial score (nSPS) is 15.6. The third kappa shape index (κ3) is 4.61. The fraction of sp³-hybridized carbons (Fsp3) is 0.812. The Kier molecular flexibility index (Phi) is 8.55. The quantitative estimate of drug-likeness (QED) is 0.150. The SMILES string of the molecule is CC(C)n1c(S)c(S)n(CC(F)(F)C(F)(F)C(F)(F)C(F)(F)C(F)(F)C(F)(F)C(F)(F)C(C)(F)F)c1=S. The number of nitrogens with zero attached hydrogens (tertiary/aromatic N) is 2. The highest BCUT2D eigenvalue weighted by Gasteiger charge is 2.94. The first-order valence-electron chi connectivity index (χ1n) is 9.15. The molecule has 1 aromatic heterocycles. The molecule has 2 nitrogen and oxygen atoms in total. The van der Waals surface area contributed by atoms with E-state index in [1.807, 2.05) is 0 Å². The third-order valence-corrected chi connectivity index (χ3v) is 6.45. The van der Waals surface area contributed by atoms with Crippen molar-refractivity contribution in [3.63, 3.8) is 0 Å². The summed E-state index contributed by atoms with van der Waals surface area (Å²) in [6.07, 6.45) is 0. The molecule has 0 aliphatic heterocycles. The van der Waals surface area contributed by atoms with Gasteiger partial charge in [0.15, 0.2) is 4.77 Å². The Labute approximate surface area is 212 Å². The molecule has 1 heterocycles. The Bertz CT molecular complexity index is 1070. The van der Waals surface area contributed by atoms with E-state index in [0.717, 1.165) is 4.57 Å². The molecule has 0 bridgehead atoms. The van der Waals surface area contributed by atoms with Crippen LogP contribution in [0.25, 0.3) is 0 Å². The van der Waals surface area contributed by atoms with Crippen LogP contribution in [0, 0.1) is 4.77 Å². The molecule has 0 spiro atoms. The molecular weight excluding hydrogens is 620 g/mol. The van der Waals surface area contributed by atoms with Crippen LogP contribution in [0.5, 0.6) is 0 Å². The van der Waals surface area contributed by atoms with Gasteiger partial charge in [-0.25, -0.2) is 0 Å². The maximum atomic E-state index is 14.3. The van der Waals surface area contributed by atoms with Gasteiger partial charge in [0.2, 0.25) is 0 Å². The molecule has 0 aliphatic rings. The van der Waals surface area contributed by atoms with Crippen molar-refractivity contribution < 1.29 is 70.2 Å². The number of hydrogen-bond acceptors (Lipinski definition) is 3. The smallest absolute Gasteiger partial charge is 0.309 e. The third-order valence-electron chi connectivity index (χ3n) is 4.98. The van der Waals surface area contributed by atoms with Gasteiger partial charge >= 0.3 is 47.4 Å². The van der Waals surface area contributed by atoms with E-state index in [9.17, 15) is 70.2 Å². The van der Waals surface area contributed by atoms with Gasteiger partial charge < -0.3 is 9.13 Å². The fourth-order valence-electron chi connectivity index (χ4n) is 2.74. The highest BCUT2D eigenvalue weighted by atomic mass is 32.1. The van der Waals surface area contributed by atoms with Gasteiger partial charge in [-0.1, -0.05) is 0 Å². The molecule has 1 aromatic rings. The first-order valence-corrected chi connectivity index (χ1v) is 10.5. The Morgan fingerprint density at radius 3 is 1.24 bits per heavy atom. The molecule has 37 heavy (non-hydrogen) atoms. The highest BCUT2D eigenvalue weighted by molar-refractivity contribution is 7.83. The zero-order valence-corrected chi connectivity index (χ0v) is 20.6. The summed E-state index contributed by atoms with van der Waals surface area (Å²) in [7, 11) is 0. The van der Waals surface area contributed by atoms with Crippen molar-refractivity contribution >= 4 is 37.5 Å². The van der Waals surface area contributed by atoms with E-state index < -0.39 is 81.7 Å². The lowest BCUT2D eigenvalue weighted by atomic mass is 9.88. The van der Waals surface area contributed by atoms with Crippen molar-refractivity contribution in [2.24, 2.45) is 0 Å². The second-order valence-electron chi connectivity index (χ2n) is 8.02. The second kappa shape index (κ2) is 9.29. The molecule has 0 radical (unpaired) electrons. The number of alkyl halides is 16. The van der Waals surface area contributed by atoms with E-state index >= 15 is 0 Å². The molecule has 0 atom stereocenters. The summed E-state index contributed by atoms with van der Waals surface area (Å²) >= 11 is 12.0. The summed E-state index contributed by atoms with van der Waals surface area (Å²) < 4.78 is 219. The number of hydrogen-bond donors (Lipinski definition) is 2. The van der Waals surface area contributed by atoms with Gasteiger partial charge in [0.05, 0.1) is 6.54 Å². The van der Waals surface area contributed by atoms with Crippen molar-refractivity contribution in [2.45, 2.75) is 90.8 Å². The van der Waals surface area contributed by atoms with E-state index in [0.29, 0.717) is 0 Å². The van der Waals surface area contributed by atoms with Gasteiger partial charge in [-0.2, -0.15) is 70.2 Å². The van der Waals surface area contributed by atoms with Gasteiger partial charge in [-0.15, -0.1) is 25.3 Å². The lowest BCUT2D eigenvalue weighted by molar-refractivity contribution is -0.452. The molecule has 218 valence electrons. The summed E-state index contributed by atoms with van der Waals surface area (Å²) in [6.45, 7) is -1.35. The first-order chi connectivity index (χ1) is 15.9.